The molecule has 0 saturated heterocycles. The zero-order chi connectivity index (χ0) is 14.3. The Morgan fingerprint density at radius 2 is 2.05 bits per heavy atom. The summed E-state index contributed by atoms with van der Waals surface area (Å²) in [6, 6.07) is 7.01. The summed E-state index contributed by atoms with van der Waals surface area (Å²) in [5, 5.41) is 5.65. The second-order valence-corrected chi connectivity index (χ2v) is 4.20. The summed E-state index contributed by atoms with van der Waals surface area (Å²) in [5.41, 5.74) is 5.68. The zero-order valence-electron chi connectivity index (χ0n) is 11.1. The van der Waals surface area contributed by atoms with Crippen LogP contribution in [0.2, 0.25) is 0 Å². The van der Waals surface area contributed by atoms with Gasteiger partial charge in [0, 0.05) is 12.5 Å². The predicted molar refractivity (Wildman–Crippen MR) is 72.9 cm³/mol. The minimum Gasteiger partial charge on any atom is -0.495 e. The van der Waals surface area contributed by atoms with Gasteiger partial charge in [-0.2, -0.15) is 0 Å². The van der Waals surface area contributed by atoms with Crippen LogP contribution in [0.25, 0.3) is 0 Å². The summed E-state index contributed by atoms with van der Waals surface area (Å²) in [7, 11) is 1.54. The van der Waals surface area contributed by atoms with Crippen LogP contribution >= 0.6 is 0 Å². The van der Waals surface area contributed by atoms with E-state index in [0.29, 0.717) is 11.4 Å². The number of carbonyl (C=O) groups excluding carboxylic acids is 2. The van der Waals surface area contributed by atoms with E-state index < -0.39 is 5.91 Å². The van der Waals surface area contributed by atoms with Crippen molar-refractivity contribution in [2.75, 3.05) is 19.0 Å². The summed E-state index contributed by atoms with van der Waals surface area (Å²) >= 11 is 0. The molecule has 1 aromatic rings. The van der Waals surface area contributed by atoms with E-state index in [1.54, 1.807) is 25.1 Å². The quantitative estimate of drug-likeness (QED) is 0.668. The lowest BCUT2D eigenvalue weighted by atomic mass is 10.2. The number of benzene rings is 1. The van der Waals surface area contributed by atoms with Crippen molar-refractivity contribution in [2.24, 2.45) is 5.73 Å². The van der Waals surface area contributed by atoms with Crippen LogP contribution in [0.4, 0.5) is 5.69 Å². The molecule has 1 atom stereocenters. The van der Waals surface area contributed by atoms with Gasteiger partial charge >= 0.3 is 0 Å². The number of primary amides is 1. The van der Waals surface area contributed by atoms with E-state index in [-0.39, 0.29) is 24.9 Å². The third-order valence-electron chi connectivity index (χ3n) is 2.50. The Morgan fingerprint density at radius 1 is 1.37 bits per heavy atom. The highest BCUT2D eigenvalue weighted by Crippen LogP contribution is 2.22. The van der Waals surface area contributed by atoms with E-state index in [1.807, 2.05) is 6.07 Å². The smallest absolute Gasteiger partial charge is 0.238 e. The molecule has 0 heterocycles. The van der Waals surface area contributed by atoms with E-state index >= 15 is 0 Å². The molecule has 0 spiro atoms. The summed E-state index contributed by atoms with van der Waals surface area (Å²) in [4.78, 5) is 22.4. The van der Waals surface area contributed by atoms with Gasteiger partial charge in [0.25, 0.3) is 0 Å². The molecular formula is C13H19N3O3. The summed E-state index contributed by atoms with van der Waals surface area (Å²) in [6.45, 7) is 1.90. The first-order chi connectivity index (χ1) is 9.02. The molecule has 6 nitrogen and oxygen atoms in total. The fourth-order valence-electron chi connectivity index (χ4n) is 1.58. The average molecular weight is 265 g/mol. The maximum absolute atomic E-state index is 11.7. The van der Waals surface area contributed by atoms with Crippen LogP contribution in [0.1, 0.15) is 13.3 Å². The van der Waals surface area contributed by atoms with Crippen molar-refractivity contribution in [3.05, 3.63) is 24.3 Å². The summed E-state index contributed by atoms with van der Waals surface area (Å²) < 4.78 is 5.13. The van der Waals surface area contributed by atoms with Crippen LogP contribution < -0.4 is 21.1 Å². The van der Waals surface area contributed by atoms with Gasteiger partial charge in [0.1, 0.15) is 5.75 Å². The van der Waals surface area contributed by atoms with E-state index in [2.05, 4.69) is 10.6 Å². The fourth-order valence-corrected chi connectivity index (χ4v) is 1.58. The van der Waals surface area contributed by atoms with Crippen LogP contribution in [0.15, 0.2) is 24.3 Å². The monoisotopic (exact) mass is 265 g/mol. The molecule has 0 aliphatic rings. The highest BCUT2D eigenvalue weighted by molar-refractivity contribution is 5.93. The van der Waals surface area contributed by atoms with Crippen LogP contribution in [-0.2, 0) is 9.59 Å². The molecular weight excluding hydrogens is 246 g/mol. The maximum atomic E-state index is 11.7. The first-order valence-corrected chi connectivity index (χ1v) is 5.97. The highest BCUT2D eigenvalue weighted by Gasteiger charge is 2.09. The lowest BCUT2D eigenvalue weighted by Gasteiger charge is -2.13. The Balaban J connectivity index is 2.45. The Kier molecular flexibility index (Phi) is 5.81. The largest absolute Gasteiger partial charge is 0.495 e. The fraction of sp³-hybridized carbons (Fsp3) is 0.385. The second-order valence-electron chi connectivity index (χ2n) is 4.20. The Bertz CT molecular complexity index is 449. The van der Waals surface area contributed by atoms with Gasteiger partial charge in [-0.15, -0.1) is 0 Å². The molecule has 0 saturated carbocycles. The number of anilines is 1. The number of amides is 2. The third kappa shape index (κ3) is 5.39. The first kappa shape index (κ1) is 15.0. The van der Waals surface area contributed by atoms with Gasteiger partial charge in [-0.3, -0.25) is 9.59 Å². The van der Waals surface area contributed by atoms with Gasteiger partial charge in [0.05, 0.1) is 19.3 Å². The first-order valence-electron chi connectivity index (χ1n) is 5.97. The number of hydrogen-bond acceptors (Lipinski definition) is 4. The number of carbonyl (C=O) groups is 2. The molecule has 6 heteroatoms. The number of nitrogens with two attached hydrogens (primary N) is 1. The van der Waals surface area contributed by atoms with Gasteiger partial charge in [-0.05, 0) is 19.1 Å². The van der Waals surface area contributed by atoms with Gasteiger partial charge in [-0.25, -0.2) is 0 Å². The lowest BCUT2D eigenvalue weighted by molar-refractivity contribution is -0.119. The van der Waals surface area contributed by atoms with Gasteiger partial charge < -0.3 is 21.1 Å². The topological polar surface area (TPSA) is 93.4 Å². The molecule has 0 radical (unpaired) electrons. The van der Waals surface area contributed by atoms with Gasteiger partial charge in [0.2, 0.25) is 11.8 Å². The number of ether oxygens (including phenoxy) is 1. The van der Waals surface area contributed by atoms with Gasteiger partial charge in [0.15, 0.2) is 0 Å². The lowest BCUT2D eigenvalue weighted by Crippen LogP contribution is -2.36. The SMILES string of the molecule is COc1ccccc1NC(=O)CNC(C)CC(N)=O. The summed E-state index contributed by atoms with van der Waals surface area (Å²) in [5.74, 6) is -0.00742. The normalized spacial score (nSPS) is 11.7. The maximum Gasteiger partial charge on any atom is 0.238 e. The van der Waals surface area contributed by atoms with Crippen LogP contribution in [-0.4, -0.2) is 31.5 Å². The van der Waals surface area contributed by atoms with E-state index in [4.69, 9.17) is 10.5 Å². The predicted octanol–water partition coefficient (Wildman–Crippen LogP) is 0.487. The Morgan fingerprint density at radius 3 is 2.68 bits per heavy atom. The van der Waals surface area contributed by atoms with Crippen LogP contribution in [0, 0.1) is 0 Å². The van der Waals surface area contributed by atoms with Crippen molar-refractivity contribution >= 4 is 17.5 Å². The van der Waals surface area contributed by atoms with Crippen molar-refractivity contribution < 1.29 is 14.3 Å². The highest BCUT2D eigenvalue weighted by atomic mass is 16.5. The van der Waals surface area contributed by atoms with E-state index in [0.717, 1.165) is 0 Å². The minimum absolute atomic E-state index is 0.104. The Labute approximate surface area is 112 Å². The van der Waals surface area contributed by atoms with Crippen LogP contribution in [0.3, 0.4) is 0 Å². The van der Waals surface area contributed by atoms with Crippen molar-refractivity contribution in [1.29, 1.82) is 0 Å². The van der Waals surface area contributed by atoms with E-state index in [1.165, 1.54) is 7.11 Å². The third-order valence-corrected chi connectivity index (χ3v) is 2.50. The molecule has 2 amide bonds. The van der Waals surface area contributed by atoms with Gasteiger partial charge in [-0.1, -0.05) is 12.1 Å². The zero-order valence-corrected chi connectivity index (χ0v) is 11.1. The van der Waals surface area contributed by atoms with Crippen molar-refractivity contribution in [3.8, 4) is 5.75 Å². The second kappa shape index (κ2) is 7.38. The number of hydrogen-bond donors (Lipinski definition) is 3. The molecule has 1 aromatic carbocycles. The average Bonchev–Trinajstić information content (AvgIpc) is 2.36. The molecule has 0 aliphatic carbocycles. The van der Waals surface area contributed by atoms with Crippen molar-refractivity contribution in [1.82, 2.24) is 5.32 Å². The number of rotatable bonds is 7. The molecule has 0 bridgehead atoms. The minimum atomic E-state index is -0.398. The molecule has 0 aromatic heterocycles. The standard InChI is InChI=1S/C13H19N3O3/c1-9(7-12(14)17)15-8-13(18)16-10-5-3-4-6-11(10)19-2/h3-6,9,15H,7-8H2,1-2H3,(H2,14,17)(H,16,18). The molecule has 0 aliphatic heterocycles. The number of nitrogens with one attached hydrogen (secondary N) is 2. The molecule has 104 valence electrons. The van der Waals surface area contributed by atoms with Crippen molar-refractivity contribution in [2.45, 2.75) is 19.4 Å². The summed E-state index contributed by atoms with van der Waals surface area (Å²) in [6.07, 6.45) is 0.196. The molecule has 1 unspecified atom stereocenters. The van der Waals surface area contributed by atoms with Crippen LogP contribution in [0.5, 0.6) is 5.75 Å². The molecule has 1 rings (SSSR count). The molecule has 0 fully saturated rings. The molecule has 19 heavy (non-hydrogen) atoms. The van der Waals surface area contributed by atoms with Crippen molar-refractivity contribution in [3.63, 3.8) is 0 Å². The number of para-hydroxylation sites is 2. The number of methoxy groups -OCH3 is 1. The van der Waals surface area contributed by atoms with E-state index in [9.17, 15) is 9.59 Å². The Hall–Kier alpha value is -2.08. The molecule has 4 N–H and O–H groups in total.